The van der Waals surface area contributed by atoms with Gasteiger partial charge in [-0.2, -0.15) is 0 Å². The molecule has 7 heteroatoms. The number of nitrogens with zero attached hydrogens (tertiary/aromatic N) is 2. The highest BCUT2D eigenvalue weighted by atomic mass is 16.5. The van der Waals surface area contributed by atoms with E-state index in [1.807, 2.05) is 47.5 Å². The van der Waals surface area contributed by atoms with Gasteiger partial charge in [0.05, 0.1) is 13.2 Å². The SMILES string of the molecule is COc1cc(C(=O)N2CCn3cccc3C2c2ccccc2)ccc1OCC(N)=O. The van der Waals surface area contributed by atoms with Crippen LogP contribution in [0.1, 0.15) is 27.7 Å². The van der Waals surface area contributed by atoms with Crippen LogP contribution in [0, 0.1) is 0 Å². The van der Waals surface area contributed by atoms with Crippen LogP contribution in [0.15, 0.2) is 66.9 Å². The molecule has 1 unspecified atom stereocenters. The molecule has 154 valence electrons. The van der Waals surface area contributed by atoms with Crippen molar-refractivity contribution >= 4 is 11.8 Å². The van der Waals surface area contributed by atoms with E-state index in [0.717, 1.165) is 17.8 Å². The lowest BCUT2D eigenvalue weighted by Crippen LogP contribution is -2.42. The summed E-state index contributed by atoms with van der Waals surface area (Å²) in [7, 11) is 1.49. The number of hydrogen-bond acceptors (Lipinski definition) is 4. The lowest BCUT2D eigenvalue weighted by atomic mass is 9.99. The summed E-state index contributed by atoms with van der Waals surface area (Å²) in [5.74, 6) is 0.0500. The maximum atomic E-state index is 13.5. The molecule has 0 fully saturated rings. The maximum Gasteiger partial charge on any atom is 0.255 e. The third-order valence-corrected chi connectivity index (χ3v) is 5.19. The van der Waals surface area contributed by atoms with Gasteiger partial charge in [-0.15, -0.1) is 0 Å². The van der Waals surface area contributed by atoms with Gasteiger partial charge in [0.2, 0.25) is 0 Å². The molecule has 1 aromatic heterocycles. The number of amides is 2. The highest BCUT2D eigenvalue weighted by molar-refractivity contribution is 5.95. The topological polar surface area (TPSA) is 86.8 Å². The van der Waals surface area contributed by atoms with E-state index in [-0.39, 0.29) is 18.6 Å². The number of carbonyl (C=O) groups is 2. The van der Waals surface area contributed by atoms with Gasteiger partial charge in [0.15, 0.2) is 18.1 Å². The van der Waals surface area contributed by atoms with Gasteiger partial charge >= 0.3 is 0 Å². The summed E-state index contributed by atoms with van der Waals surface area (Å²) in [6, 6.07) is 18.8. The first-order chi connectivity index (χ1) is 14.6. The summed E-state index contributed by atoms with van der Waals surface area (Å²) >= 11 is 0. The van der Waals surface area contributed by atoms with E-state index in [9.17, 15) is 9.59 Å². The number of benzene rings is 2. The first-order valence-corrected chi connectivity index (χ1v) is 9.68. The Morgan fingerprint density at radius 3 is 2.57 bits per heavy atom. The Morgan fingerprint density at radius 2 is 1.83 bits per heavy atom. The maximum absolute atomic E-state index is 13.5. The molecule has 30 heavy (non-hydrogen) atoms. The number of ether oxygens (including phenoxy) is 2. The van der Waals surface area contributed by atoms with Crippen molar-refractivity contribution in [2.24, 2.45) is 5.73 Å². The van der Waals surface area contributed by atoms with Crippen LogP contribution in [-0.4, -0.2) is 41.5 Å². The number of primary amides is 1. The summed E-state index contributed by atoms with van der Waals surface area (Å²) in [5, 5.41) is 0. The number of rotatable bonds is 6. The summed E-state index contributed by atoms with van der Waals surface area (Å²) < 4.78 is 12.9. The molecule has 0 saturated carbocycles. The monoisotopic (exact) mass is 405 g/mol. The van der Waals surface area contributed by atoms with E-state index in [0.29, 0.717) is 23.6 Å². The molecule has 1 atom stereocenters. The Kier molecular flexibility index (Phi) is 5.43. The number of nitrogens with two attached hydrogens (primary N) is 1. The van der Waals surface area contributed by atoms with Crippen LogP contribution >= 0.6 is 0 Å². The molecule has 0 spiro atoms. The summed E-state index contributed by atoms with van der Waals surface area (Å²) in [5.41, 5.74) is 7.76. The van der Waals surface area contributed by atoms with Gasteiger partial charge < -0.3 is 24.7 Å². The summed E-state index contributed by atoms with van der Waals surface area (Å²) in [4.78, 5) is 26.4. The van der Waals surface area contributed by atoms with E-state index in [1.54, 1.807) is 18.2 Å². The van der Waals surface area contributed by atoms with Crippen molar-refractivity contribution in [2.45, 2.75) is 12.6 Å². The molecular formula is C23H23N3O4. The first kappa shape index (κ1) is 19.6. The third kappa shape index (κ3) is 3.74. The van der Waals surface area contributed by atoms with Gasteiger partial charge in [0.25, 0.3) is 11.8 Å². The van der Waals surface area contributed by atoms with Gasteiger partial charge in [0, 0.05) is 30.5 Å². The summed E-state index contributed by atoms with van der Waals surface area (Å²) in [6.07, 6.45) is 2.04. The second-order valence-corrected chi connectivity index (χ2v) is 7.06. The van der Waals surface area contributed by atoms with Gasteiger partial charge in [-0.25, -0.2) is 0 Å². The standard InChI is InChI=1S/C23H23N3O4/c1-29-20-14-17(9-10-19(20)30-15-21(24)27)23(28)26-13-12-25-11-5-8-18(25)22(26)16-6-3-2-4-7-16/h2-11,14,22H,12-13,15H2,1H3,(H2,24,27). The van der Waals surface area contributed by atoms with Crippen LogP contribution in [0.4, 0.5) is 0 Å². The van der Waals surface area contributed by atoms with Crippen molar-refractivity contribution in [2.75, 3.05) is 20.3 Å². The first-order valence-electron chi connectivity index (χ1n) is 9.68. The molecule has 7 nitrogen and oxygen atoms in total. The normalized spacial score (nSPS) is 15.4. The molecule has 2 N–H and O–H groups in total. The van der Waals surface area contributed by atoms with Gasteiger partial charge in [-0.05, 0) is 35.9 Å². The van der Waals surface area contributed by atoms with Crippen LogP contribution in [-0.2, 0) is 11.3 Å². The second-order valence-electron chi connectivity index (χ2n) is 7.06. The van der Waals surface area contributed by atoms with Crippen molar-refractivity contribution in [1.82, 2.24) is 9.47 Å². The largest absolute Gasteiger partial charge is 0.493 e. The van der Waals surface area contributed by atoms with Crippen molar-refractivity contribution in [3.8, 4) is 11.5 Å². The van der Waals surface area contributed by atoms with Gasteiger partial charge in [-0.1, -0.05) is 30.3 Å². The minimum Gasteiger partial charge on any atom is -0.493 e. The van der Waals surface area contributed by atoms with E-state index in [1.165, 1.54) is 7.11 Å². The Labute approximate surface area is 174 Å². The van der Waals surface area contributed by atoms with Gasteiger partial charge in [0.1, 0.15) is 0 Å². The molecule has 4 rings (SSSR count). The van der Waals surface area contributed by atoms with Crippen LogP contribution in [0.25, 0.3) is 0 Å². The van der Waals surface area contributed by atoms with E-state index >= 15 is 0 Å². The van der Waals surface area contributed by atoms with Crippen molar-refractivity contribution in [1.29, 1.82) is 0 Å². The zero-order valence-electron chi connectivity index (χ0n) is 16.7. The molecule has 1 aliphatic rings. The van der Waals surface area contributed by atoms with Crippen LogP contribution in [0.5, 0.6) is 11.5 Å². The molecule has 0 bridgehead atoms. The smallest absolute Gasteiger partial charge is 0.255 e. The van der Waals surface area contributed by atoms with Crippen molar-refractivity contribution < 1.29 is 19.1 Å². The fourth-order valence-electron chi connectivity index (χ4n) is 3.82. The highest BCUT2D eigenvalue weighted by Gasteiger charge is 2.32. The lowest BCUT2D eigenvalue weighted by molar-refractivity contribution is -0.119. The molecule has 0 aliphatic carbocycles. The van der Waals surface area contributed by atoms with E-state index in [2.05, 4.69) is 10.6 Å². The Balaban J connectivity index is 1.67. The molecule has 2 aromatic carbocycles. The number of fused-ring (bicyclic) bond motifs is 1. The van der Waals surface area contributed by atoms with Crippen LogP contribution in [0.3, 0.4) is 0 Å². The molecule has 3 aromatic rings. The van der Waals surface area contributed by atoms with Crippen LogP contribution in [0.2, 0.25) is 0 Å². The minimum absolute atomic E-state index is 0.101. The van der Waals surface area contributed by atoms with Crippen molar-refractivity contribution in [3.05, 3.63) is 83.7 Å². The van der Waals surface area contributed by atoms with Crippen molar-refractivity contribution in [3.63, 3.8) is 0 Å². The fraction of sp³-hybridized carbons (Fsp3) is 0.217. The zero-order valence-corrected chi connectivity index (χ0v) is 16.7. The third-order valence-electron chi connectivity index (χ3n) is 5.19. The summed E-state index contributed by atoms with van der Waals surface area (Å²) in [6.45, 7) is 1.06. The number of aromatic nitrogens is 1. The molecule has 0 saturated heterocycles. The predicted molar refractivity (Wildman–Crippen MR) is 111 cm³/mol. The quantitative estimate of drug-likeness (QED) is 0.683. The Bertz CT molecular complexity index is 1060. The number of hydrogen-bond donors (Lipinski definition) is 1. The Morgan fingerprint density at radius 1 is 1.03 bits per heavy atom. The molecule has 2 amide bonds. The van der Waals surface area contributed by atoms with E-state index < -0.39 is 5.91 Å². The molecule has 2 heterocycles. The van der Waals surface area contributed by atoms with Crippen LogP contribution < -0.4 is 15.2 Å². The zero-order chi connectivity index (χ0) is 21.1. The molecule has 1 aliphatic heterocycles. The Hall–Kier alpha value is -3.74. The number of methoxy groups -OCH3 is 1. The minimum atomic E-state index is -0.584. The second kappa shape index (κ2) is 8.32. The predicted octanol–water partition coefficient (Wildman–Crippen LogP) is 2.61. The molecule has 0 radical (unpaired) electrons. The van der Waals surface area contributed by atoms with Gasteiger partial charge in [-0.3, -0.25) is 9.59 Å². The molecular weight excluding hydrogens is 382 g/mol. The average molecular weight is 405 g/mol. The number of carbonyl (C=O) groups excluding carboxylic acids is 2. The average Bonchev–Trinajstić information content (AvgIpc) is 3.25. The lowest BCUT2D eigenvalue weighted by Gasteiger charge is -2.37. The fourth-order valence-corrected chi connectivity index (χ4v) is 3.82. The highest BCUT2D eigenvalue weighted by Crippen LogP contribution is 2.35. The van der Waals surface area contributed by atoms with E-state index in [4.69, 9.17) is 15.2 Å².